The summed E-state index contributed by atoms with van der Waals surface area (Å²) in [6.07, 6.45) is -0.765. The van der Waals surface area contributed by atoms with Crippen LogP contribution in [0.25, 0.3) is 0 Å². The topological polar surface area (TPSA) is 77.8 Å². The van der Waals surface area contributed by atoms with Crippen LogP contribution in [0.4, 0.5) is 0 Å². The quantitative estimate of drug-likeness (QED) is 0.858. The molecule has 6 heteroatoms. The average molecular weight is 284 g/mol. The number of hydrogen-bond acceptors (Lipinski definition) is 3. The van der Waals surface area contributed by atoms with Gasteiger partial charge in [-0.2, -0.15) is 0 Å². The number of aliphatic carboxylic acids is 1. The number of β-amino-alcohol motifs (C(OH)–C–C–N with tert-alkyl or cyclic N) is 1. The predicted octanol–water partition coefficient (Wildman–Crippen LogP) is 1.31. The van der Waals surface area contributed by atoms with Crippen molar-refractivity contribution in [3.63, 3.8) is 0 Å². The van der Waals surface area contributed by atoms with Gasteiger partial charge in [-0.15, -0.1) is 0 Å². The first kappa shape index (κ1) is 13.8. The number of hydrogen-bond donors (Lipinski definition) is 2. The van der Waals surface area contributed by atoms with Crippen molar-refractivity contribution in [1.29, 1.82) is 0 Å². The number of carbonyl (C=O) groups is 2. The van der Waals surface area contributed by atoms with E-state index >= 15 is 0 Å². The summed E-state index contributed by atoms with van der Waals surface area (Å²) in [6, 6.07) is 3.96. The lowest BCUT2D eigenvalue weighted by Crippen LogP contribution is -2.40. The molecule has 1 aromatic carbocycles. The molecule has 0 spiro atoms. The van der Waals surface area contributed by atoms with Crippen LogP contribution in [0.3, 0.4) is 0 Å². The highest BCUT2D eigenvalue weighted by Crippen LogP contribution is 2.25. The van der Waals surface area contributed by atoms with Gasteiger partial charge in [0.25, 0.3) is 5.91 Å². The van der Waals surface area contributed by atoms with Gasteiger partial charge in [-0.25, -0.2) is 4.79 Å². The fourth-order valence-electron chi connectivity index (χ4n) is 2.22. The zero-order chi connectivity index (χ0) is 14.2. The van der Waals surface area contributed by atoms with E-state index in [1.54, 1.807) is 18.2 Å². The molecule has 1 amide bonds. The number of rotatable bonds is 2. The molecule has 1 fully saturated rings. The third kappa shape index (κ3) is 2.72. The molecule has 102 valence electrons. The number of benzene rings is 1. The normalized spacial score (nSPS) is 22.6. The van der Waals surface area contributed by atoms with E-state index in [-0.39, 0.29) is 23.6 Å². The van der Waals surface area contributed by atoms with E-state index in [1.807, 2.05) is 6.92 Å². The Bertz CT molecular complexity index is 531. The molecule has 0 aliphatic carbocycles. The minimum atomic E-state index is -1.12. The van der Waals surface area contributed by atoms with E-state index in [0.29, 0.717) is 0 Å². The number of aryl methyl sites for hydroxylation is 1. The molecule has 1 saturated heterocycles. The lowest BCUT2D eigenvalue weighted by Gasteiger charge is -2.21. The van der Waals surface area contributed by atoms with Crippen molar-refractivity contribution < 1.29 is 19.8 Å². The Morgan fingerprint density at radius 3 is 2.68 bits per heavy atom. The van der Waals surface area contributed by atoms with E-state index < -0.39 is 24.0 Å². The van der Waals surface area contributed by atoms with E-state index in [9.17, 15) is 14.7 Å². The van der Waals surface area contributed by atoms with Gasteiger partial charge in [0, 0.05) is 13.0 Å². The van der Waals surface area contributed by atoms with E-state index in [4.69, 9.17) is 16.7 Å². The standard InChI is InChI=1S/C13H14ClNO4/c1-7-2-3-9(10(14)4-7)12(17)15-6-8(16)5-11(15)13(18)19/h2-4,8,11,16H,5-6H2,1H3,(H,18,19). The summed E-state index contributed by atoms with van der Waals surface area (Å²) in [7, 11) is 0. The zero-order valence-corrected chi connectivity index (χ0v) is 11.1. The summed E-state index contributed by atoms with van der Waals surface area (Å²) in [5, 5.41) is 18.9. The summed E-state index contributed by atoms with van der Waals surface area (Å²) >= 11 is 6.01. The van der Waals surface area contributed by atoms with Crippen LogP contribution in [-0.4, -0.2) is 45.7 Å². The Balaban J connectivity index is 2.30. The van der Waals surface area contributed by atoms with Crippen LogP contribution in [0.5, 0.6) is 0 Å². The van der Waals surface area contributed by atoms with Crippen molar-refractivity contribution >= 4 is 23.5 Å². The van der Waals surface area contributed by atoms with Crippen LogP contribution in [0.2, 0.25) is 5.02 Å². The Kier molecular flexibility index (Phi) is 3.78. The summed E-state index contributed by atoms with van der Waals surface area (Å²) in [4.78, 5) is 24.6. The highest BCUT2D eigenvalue weighted by molar-refractivity contribution is 6.34. The number of aliphatic hydroxyl groups is 1. The van der Waals surface area contributed by atoms with E-state index in [0.717, 1.165) is 10.5 Å². The largest absolute Gasteiger partial charge is 0.480 e. The van der Waals surface area contributed by atoms with Crippen molar-refractivity contribution in [2.24, 2.45) is 0 Å². The molecule has 0 radical (unpaired) electrons. The highest BCUT2D eigenvalue weighted by atomic mass is 35.5. The lowest BCUT2D eigenvalue weighted by atomic mass is 10.1. The summed E-state index contributed by atoms with van der Waals surface area (Å²) in [5.74, 6) is -1.58. The summed E-state index contributed by atoms with van der Waals surface area (Å²) in [5.41, 5.74) is 1.17. The third-order valence-electron chi connectivity index (χ3n) is 3.18. The maximum Gasteiger partial charge on any atom is 0.326 e. The molecule has 1 aliphatic heterocycles. The summed E-state index contributed by atoms with van der Waals surface area (Å²) < 4.78 is 0. The fourth-order valence-corrected chi connectivity index (χ4v) is 2.54. The van der Waals surface area contributed by atoms with Gasteiger partial charge < -0.3 is 15.1 Å². The van der Waals surface area contributed by atoms with Gasteiger partial charge in [0.2, 0.25) is 0 Å². The number of likely N-dealkylation sites (tertiary alicyclic amines) is 1. The van der Waals surface area contributed by atoms with E-state index in [2.05, 4.69) is 0 Å². The molecule has 1 heterocycles. The molecule has 19 heavy (non-hydrogen) atoms. The van der Waals surface area contributed by atoms with Gasteiger partial charge in [0.15, 0.2) is 0 Å². The Hall–Kier alpha value is -1.59. The minimum absolute atomic E-state index is 0.0139. The fraction of sp³-hybridized carbons (Fsp3) is 0.385. The number of carboxylic acids is 1. The number of aliphatic hydroxyl groups excluding tert-OH is 1. The SMILES string of the molecule is Cc1ccc(C(=O)N2CC(O)CC2C(=O)O)c(Cl)c1. The van der Waals surface area contributed by atoms with Crippen LogP contribution in [0.1, 0.15) is 22.3 Å². The molecule has 1 aliphatic rings. The smallest absolute Gasteiger partial charge is 0.326 e. The number of halogens is 1. The molecular formula is C13H14ClNO4. The number of amides is 1. The molecule has 2 unspecified atom stereocenters. The molecule has 0 saturated carbocycles. The van der Waals surface area contributed by atoms with Crippen LogP contribution in [0.15, 0.2) is 18.2 Å². The van der Waals surface area contributed by atoms with Crippen molar-refractivity contribution in [3.05, 3.63) is 34.3 Å². The van der Waals surface area contributed by atoms with Crippen molar-refractivity contribution in [3.8, 4) is 0 Å². The molecule has 2 atom stereocenters. The predicted molar refractivity (Wildman–Crippen MR) is 69.3 cm³/mol. The molecular weight excluding hydrogens is 270 g/mol. The average Bonchev–Trinajstić information content (AvgIpc) is 2.70. The van der Waals surface area contributed by atoms with Crippen LogP contribution >= 0.6 is 11.6 Å². The van der Waals surface area contributed by atoms with Crippen molar-refractivity contribution in [2.75, 3.05) is 6.54 Å². The first-order chi connectivity index (χ1) is 8.90. The number of carbonyl (C=O) groups excluding carboxylic acids is 1. The molecule has 2 rings (SSSR count). The maximum atomic E-state index is 12.3. The van der Waals surface area contributed by atoms with Crippen molar-refractivity contribution in [2.45, 2.75) is 25.5 Å². The molecule has 0 bridgehead atoms. The van der Waals surface area contributed by atoms with Crippen LogP contribution in [0, 0.1) is 6.92 Å². The Morgan fingerprint density at radius 1 is 1.42 bits per heavy atom. The van der Waals surface area contributed by atoms with Gasteiger partial charge >= 0.3 is 5.97 Å². The zero-order valence-electron chi connectivity index (χ0n) is 10.3. The lowest BCUT2D eigenvalue weighted by molar-refractivity contribution is -0.141. The van der Waals surface area contributed by atoms with Gasteiger partial charge in [-0.3, -0.25) is 4.79 Å². The first-order valence-corrected chi connectivity index (χ1v) is 6.26. The van der Waals surface area contributed by atoms with Crippen molar-refractivity contribution in [1.82, 2.24) is 4.90 Å². The number of nitrogens with zero attached hydrogens (tertiary/aromatic N) is 1. The van der Waals surface area contributed by atoms with E-state index in [1.165, 1.54) is 0 Å². The van der Waals surface area contributed by atoms with Gasteiger partial charge in [-0.05, 0) is 24.6 Å². The second kappa shape index (κ2) is 5.19. The maximum absolute atomic E-state index is 12.3. The molecule has 2 N–H and O–H groups in total. The number of carboxylic acid groups (broad SMARTS) is 1. The summed E-state index contributed by atoms with van der Waals surface area (Å²) in [6.45, 7) is 1.86. The molecule has 5 nitrogen and oxygen atoms in total. The monoisotopic (exact) mass is 283 g/mol. The molecule has 1 aromatic rings. The van der Waals surface area contributed by atoms with Crippen LogP contribution < -0.4 is 0 Å². The second-order valence-electron chi connectivity index (χ2n) is 4.68. The Labute approximate surface area is 115 Å². The minimum Gasteiger partial charge on any atom is -0.480 e. The van der Waals surface area contributed by atoms with Gasteiger partial charge in [-0.1, -0.05) is 17.7 Å². The molecule has 0 aromatic heterocycles. The second-order valence-corrected chi connectivity index (χ2v) is 5.09. The van der Waals surface area contributed by atoms with Gasteiger partial charge in [0.1, 0.15) is 6.04 Å². The Morgan fingerprint density at radius 2 is 2.11 bits per heavy atom. The van der Waals surface area contributed by atoms with Crippen LogP contribution in [-0.2, 0) is 4.79 Å². The third-order valence-corrected chi connectivity index (χ3v) is 3.49. The first-order valence-electron chi connectivity index (χ1n) is 5.88. The highest BCUT2D eigenvalue weighted by Gasteiger charge is 2.39. The van der Waals surface area contributed by atoms with Gasteiger partial charge in [0.05, 0.1) is 16.7 Å².